The maximum Gasteiger partial charge on any atom is 0.276 e. The highest BCUT2D eigenvalue weighted by Crippen LogP contribution is 2.45. The summed E-state index contributed by atoms with van der Waals surface area (Å²) in [7, 11) is 0. The van der Waals surface area contributed by atoms with Gasteiger partial charge in [0.1, 0.15) is 11.6 Å². The average Bonchev–Trinajstić information content (AvgIpc) is 3.00. The normalized spacial score (nSPS) is 28.4. The lowest BCUT2D eigenvalue weighted by Crippen LogP contribution is -2.26. The molecular weight excluding hydrogens is 246 g/mol. The molecule has 3 atom stereocenters. The number of nitrogens with zero attached hydrogens (tertiary/aromatic N) is 2. The minimum Gasteiger partial charge on any atom is -0.367 e. The number of aromatic nitrogens is 1. The molecule has 2 aliphatic rings. The minimum absolute atomic E-state index is 0.00592. The van der Waals surface area contributed by atoms with Gasteiger partial charge in [0, 0.05) is 6.04 Å². The molecule has 2 saturated carbocycles. The highest BCUT2D eigenvalue weighted by molar-refractivity contribution is 5.54. The van der Waals surface area contributed by atoms with E-state index in [-0.39, 0.29) is 5.69 Å². The molecule has 2 aliphatic carbocycles. The highest BCUT2D eigenvalue weighted by atomic mass is 16.6. The Morgan fingerprint density at radius 2 is 2.11 bits per heavy atom. The van der Waals surface area contributed by atoms with Gasteiger partial charge in [0.2, 0.25) is 0 Å². The third kappa shape index (κ3) is 2.33. The Morgan fingerprint density at radius 3 is 2.68 bits per heavy atom. The summed E-state index contributed by atoms with van der Waals surface area (Å²) in [5, 5.41) is 14.2. The summed E-state index contributed by atoms with van der Waals surface area (Å²) in [6, 6.07) is 3.18. The molecule has 1 aromatic heterocycles. The number of anilines is 2. The van der Waals surface area contributed by atoms with E-state index < -0.39 is 4.92 Å². The molecule has 2 fully saturated rings. The van der Waals surface area contributed by atoms with Crippen LogP contribution in [0.2, 0.25) is 0 Å². The predicted octanol–water partition coefficient (Wildman–Crippen LogP) is 1.88. The van der Waals surface area contributed by atoms with Crippen LogP contribution in [0.25, 0.3) is 0 Å². The lowest BCUT2D eigenvalue weighted by atomic mass is 9.95. The van der Waals surface area contributed by atoms with E-state index in [0.29, 0.717) is 23.6 Å². The molecule has 4 N–H and O–H groups in total. The van der Waals surface area contributed by atoms with Gasteiger partial charge in [0.25, 0.3) is 5.69 Å². The summed E-state index contributed by atoms with van der Waals surface area (Å²) in [6.07, 6.45) is 4.98. The molecule has 0 amide bonds. The molecule has 0 radical (unpaired) electrons. The monoisotopic (exact) mass is 263 g/mol. The van der Waals surface area contributed by atoms with Crippen LogP contribution in [0.1, 0.15) is 25.7 Å². The van der Waals surface area contributed by atoms with Gasteiger partial charge >= 0.3 is 0 Å². The van der Waals surface area contributed by atoms with Crippen LogP contribution in [0.15, 0.2) is 12.1 Å². The Morgan fingerprint density at radius 1 is 1.32 bits per heavy atom. The quantitative estimate of drug-likeness (QED) is 0.435. The SMILES string of the molecule is NNc1cc([N+](=O)[O-])cc(NC2CC3CCC2C3)n1. The van der Waals surface area contributed by atoms with Gasteiger partial charge in [0.15, 0.2) is 0 Å². The largest absolute Gasteiger partial charge is 0.367 e. The lowest BCUT2D eigenvalue weighted by molar-refractivity contribution is -0.384. The summed E-state index contributed by atoms with van der Waals surface area (Å²) in [5.41, 5.74) is 2.36. The molecule has 7 nitrogen and oxygen atoms in total. The molecule has 3 unspecified atom stereocenters. The molecular formula is C12H17N5O2. The summed E-state index contributed by atoms with van der Waals surface area (Å²) in [6.45, 7) is 0. The van der Waals surface area contributed by atoms with Crippen molar-refractivity contribution in [1.82, 2.24) is 4.98 Å². The van der Waals surface area contributed by atoms with Gasteiger partial charge in [-0.1, -0.05) is 6.42 Å². The summed E-state index contributed by atoms with van der Waals surface area (Å²) in [4.78, 5) is 14.7. The summed E-state index contributed by atoms with van der Waals surface area (Å²) >= 11 is 0. The number of hydrogen-bond acceptors (Lipinski definition) is 6. The van der Waals surface area contributed by atoms with Gasteiger partial charge in [-0.3, -0.25) is 10.1 Å². The van der Waals surface area contributed by atoms with Crippen LogP contribution in [-0.2, 0) is 0 Å². The van der Waals surface area contributed by atoms with Crippen molar-refractivity contribution in [3.8, 4) is 0 Å². The third-order valence-corrected chi connectivity index (χ3v) is 4.24. The van der Waals surface area contributed by atoms with Gasteiger partial charge in [-0.2, -0.15) is 0 Å². The van der Waals surface area contributed by atoms with Crippen LogP contribution in [0.4, 0.5) is 17.3 Å². The number of rotatable bonds is 4. The Kier molecular flexibility index (Phi) is 2.98. The number of nitrogens with one attached hydrogen (secondary N) is 2. The van der Waals surface area contributed by atoms with Crippen molar-refractivity contribution in [3.05, 3.63) is 22.2 Å². The van der Waals surface area contributed by atoms with Crippen LogP contribution in [0, 0.1) is 22.0 Å². The molecule has 1 aromatic rings. The van der Waals surface area contributed by atoms with Crippen LogP contribution in [0.5, 0.6) is 0 Å². The second-order valence-electron chi connectivity index (χ2n) is 5.42. The van der Waals surface area contributed by atoms with E-state index in [1.807, 2.05) is 0 Å². The molecule has 102 valence electrons. The molecule has 3 rings (SSSR count). The smallest absolute Gasteiger partial charge is 0.276 e. The van der Waals surface area contributed by atoms with Crippen LogP contribution < -0.4 is 16.6 Å². The molecule has 0 aromatic carbocycles. The number of nitro groups is 1. The zero-order chi connectivity index (χ0) is 13.4. The van der Waals surface area contributed by atoms with E-state index >= 15 is 0 Å². The summed E-state index contributed by atoms with van der Waals surface area (Å²) < 4.78 is 0. The molecule has 0 spiro atoms. The van der Waals surface area contributed by atoms with Crippen LogP contribution in [0.3, 0.4) is 0 Å². The second-order valence-corrected chi connectivity index (χ2v) is 5.42. The van der Waals surface area contributed by atoms with E-state index in [4.69, 9.17) is 5.84 Å². The van der Waals surface area contributed by atoms with Gasteiger partial charge in [-0.15, -0.1) is 0 Å². The Balaban J connectivity index is 1.80. The van der Waals surface area contributed by atoms with Crippen molar-refractivity contribution in [2.75, 3.05) is 10.7 Å². The van der Waals surface area contributed by atoms with Crippen molar-refractivity contribution >= 4 is 17.3 Å². The van der Waals surface area contributed by atoms with Crippen LogP contribution in [-0.4, -0.2) is 15.9 Å². The number of hydrogen-bond donors (Lipinski definition) is 3. The average molecular weight is 263 g/mol. The van der Waals surface area contributed by atoms with Gasteiger partial charge in [0.05, 0.1) is 17.1 Å². The standard InChI is InChI=1S/C12H17N5O2/c13-16-12-6-9(17(18)19)5-11(15-12)14-10-4-7-1-2-8(10)3-7/h5-8,10H,1-4,13H2,(H2,14,15,16). The Hall–Kier alpha value is -1.89. The van der Waals surface area contributed by atoms with Gasteiger partial charge < -0.3 is 10.7 Å². The number of nitrogen functional groups attached to an aromatic ring is 1. The van der Waals surface area contributed by atoms with Crippen molar-refractivity contribution < 1.29 is 4.92 Å². The van der Waals surface area contributed by atoms with E-state index in [1.165, 1.54) is 31.4 Å². The molecule has 19 heavy (non-hydrogen) atoms. The zero-order valence-corrected chi connectivity index (χ0v) is 10.5. The van der Waals surface area contributed by atoms with Crippen molar-refractivity contribution in [1.29, 1.82) is 0 Å². The Labute approximate surface area is 110 Å². The Bertz CT molecular complexity index is 507. The van der Waals surface area contributed by atoms with Crippen LogP contribution >= 0.6 is 0 Å². The zero-order valence-electron chi connectivity index (χ0n) is 10.5. The fourth-order valence-corrected chi connectivity index (χ4v) is 3.38. The molecule has 7 heteroatoms. The number of hydrazine groups is 1. The predicted molar refractivity (Wildman–Crippen MR) is 71.6 cm³/mol. The molecule has 0 saturated heterocycles. The van der Waals surface area contributed by atoms with Crippen molar-refractivity contribution in [2.45, 2.75) is 31.7 Å². The van der Waals surface area contributed by atoms with E-state index in [1.54, 1.807) is 0 Å². The number of pyridine rings is 1. The second kappa shape index (κ2) is 4.65. The fourth-order valence-electron chi connectivity index (χ4n) is 3.38. The van der Waals surface area contributed by atoms with Gasteiger partial charge in [-0.25, -0.2) is 10.8 Å². The topological polar surface area (TPSA) is 106 Å². The first-order valence-electron chi connectivity index (χ1n) is 6.55. The minimum atomic E-state index is -0.436. The highest BCUT2D eigenvalue weighted by Gasteiger charge is 2.39. The first-order valence-corrected chi connectivity index (χ1v) is 6.55. The fraction of sp³-hybridized carbons (Fsp3) is 0.583. The first kappa shape index (κ1) is 12.2. The lowest BCUT2D eigenvalue weighted by Gasteiger charge is -2.23. The first-order chi connectivity index (χ1) is 9.15. The van der Waals surface area contributed by atoms with Crippen molar-refractivity contribution in [3.63, 3.8) is 0 Å². The number of nitrogens with two attached hydrogens (primary N) is 1. The van der Waals surface area contributed by atoms with Gasteiger partial charge in [-0.05, 0) is 31.1 Å². The molecule has 1 heterocycles. The maximum absolute atomic E-state index is 10.9. The van der Waals surface area contributed by atoms with E-state index in [2.05, 4.69) is 15.7 Å². The molecule has 0 aliphatic heterocycles. The third-order valence-electron chi connectivity index (χ3n) is 4.24. The van der Waals surface area contributed by atoms with E-state index in [0.717, 1.165) is 12.3 Å². The summed E-state index contributed by atoms with van der Waals surface area (Å²) in [5.74, 6) is 7.62. The van der Waals surface area contributed by atoms with E-state index in [9.17, 15) is 10.1 Å². The van der Waals surface area contributed by atoms with Crippen molar-refractivity contribution in [2.24, 2.45) is 17.7 Å². The molecule has 2 bridgehead atoms. The maximum atomic E-state index is 10.9. The number of fused-ring (bicyclic) bond motifs is 2.